The Labute approximate surface area is 211 Å². The van der Waals surface area contributed by atoms with Crippen molar-refractivity contribution in [1.82, 2.24) is 0 Å². The second-order valence-corrected chi connectivity index (χ2v) is 33.4. The summed E-state index contributed by atoms with van der Waals surface area (Å²) in [5.74, 6) is -3.06. The fraction of sp³-hybridized carbons (Fsp3) is 0.143. The zero-order chi connectivity index (χ0) is 28.9. The molecule has 0 aliphatic rings. The van der Waals surface area contributed by atoms with E-state index in [0.29, 0.717) is 72.8 Å². The molecule has 0 amide bonds. The van der Waals surface area contributed by atoms with Crippen LogP contribution in [0.25, 0.3) is 0 Å². The molecule has 0 aliphatic heterocycles. The molecule has 0 fully saturated rings. The molecule has 3 aromatic carbocycles. The molecule has 0 saturated carbocycles. The minimum atomic E-state index is -10.4. The third-order valence-corrected chi connectivity index (χ3v) is 13.9. The van der Waals surface area contributed by atoms with E-state index in [1.54, 1.807) is 0 Å². The molecule has 0 unspecified atom stereocenters. The number of halogens is 11. The van der Waals surface area contributed by atoms with E-state index in [-0.39, 0.29) is 0 Å². The van der Waals surface area contributed by atoms with Crippen molar-refractivity contribution in [3.63, 3.8) is 0 Å². The summed E-state index contributed by atoms with van der Waals surface area (Å²) in [6, 6.07) is 4.83. The Hall–Kier alpha value is -2.70. The van der Waals surface area contributed by atoms with Crippen molar-refractivity contribution in [3.05, 3.63) is 89.5 Å². The van der Waals surface area contributed by atoms with Gasteiger partial charge in [-0.2, -0.15) is 0 Å². The molecule has 0 heterocycles. The first-order valence-corrected chi connectivity index (χ1v) is 22.9. The molecule has 5 nitrogen and oxygen atoms in total. The van der Waals surface area contributed by atoms with Gasteiger partial charge in [-0.05, 0) is 0 Å². The van der Waals surface area contributed by atoms with Crippen LogP contribution in [0.15, 0.2) is 72.8 Å². The minimum absolute atomic E-state index is 0.360. The molecule has 17 heteroatoms. The Bertz CT molecular complexity index is 1400. The molecule has 38 heavy (non-hydrogen) atoms. The van der Waals surface area contributed by atoms with Crippen molar-refractivity contribution in [3.8, 4) is 17.2 Å². The van der Waals surface area contributed by atoms with Crippen LogP contribution < -0.4 is 10.2 Å². The number of benzene rings is 3. The van der Waals surface area contributed by atoms with E-state index in [0.717, 1.165) is 0 Å². The standard InChI is InChI=1S/3C7H5F3O.2ClH.2O.W/c3*8-7(9,10)5-1-3-6(11)4-2-5;;;;;/h3*1-4,11H;2*1H;;;/q;;;;;;;+5/p-5. The van der Waals surface area contributed by atoms with Gasteiger partial charge in [0, 0.05) is 0 Å². The van der Waals surface area contributed by atoms with Gasteiger partial charge < -0.3 is 0 Å². The molecular weight excluding hydrogens is 758 g/mol. The normalized spacial score (nSPS) is 15.9. The summed E-state index contributed by atoms with van der Waals surface area (Å²) in [6.45, 7) is 0. The monoisotopic (exact) mass is 769 g/mol. The van der Waals surface area contributed by atoms with Gasteiger partial charge in [-0.1, -0.05) is 0 Å². The van der Waals surface area contributed by atoms with E-state index in [2.05, 4.69) is 10.2 Å². The predicted molar refractivity (Wildman–Crippen MR) is 109 cm³/mol. The SMILES string of the molecule is [O]=[W](=[O])([Cl])([Cl])([O]c1ccc(C(F)(F)F)cc1)([O]c1ccc(C(F)(F)F)cc1)[O]c1ccc(C(F)(F)F)cc1. The Balaban J connectivity index is 2.15. The average molecular weight is 770 g/mol. The van der Waals surface area contributed by atoms with E-state index < -0.39 is 63.8 Å². The van der Waals surface area contributed by atoms with Gasteiger partial charge in [0.25, 0.3) is 0 Å². The summed E-state index contributed by atoms with van der Waals surface area (Å²) in [7, 11) is 11.6. The van der Waals surface area contributed by atoms with Crippen LogP contribution in [-0.2, 0) is 36.6 Å². The van der Waals surface area contributed by atoms with Gasteiger partial charge in [-0.3, -0.25) is 0 Å². The topological polar surface area (TPSA) is 61.8 Å². The van der Waals surface area contributed by atoms with E-state index >= 15 is 0 Å². The fourth-order valence-corrected chi connectivity index (χ4v) is 12.9. The zero-order valence-electron chi connectivity index (χ0n) is 18.0. The van der Waals surface area contributed by atoms with Gasteiger partial charge in [0.2, 0.25) is 0 Å². The Morgan fingerprint density at radius 1 is 0.447 bits per heavy atom. The van der Waals surface area contributed by atoms with Crippen molar-refractivity contribution in [2.75, 3.05) is 0 Å². The van der Waals surface area contributed by atoms with E-state index in [4.69, 9.17) is 18.8 Å². The number of rotatable bonds is 6. The van der Waals surface area contributed by atoms with Gasteiger partial charge >= 0.3 is 212 Å². The molecule has 0 aliphatic carbocycles. The summed E-state index contributed by atoms with van der Waals surface area (Å²) in [4.78, 5) is 0. The molecule has 0 bridgehead atoms. The van der Waals surface area contributed by atoms with Crippen molar-refractivity contribution in [2.24, 2.45) is 0 Å². The third-order valence-electron chi connectivity index (χ3n) is 4.43. The van der Waals surface area contributed by atoms with Crippen LogP contribution in [0, 0.1) is 0 Å². The molecule has 0 N–H and O–H groups in total. The van der Waals surface area contributed by atoms with Crippen molar-refractivity contribution in [1.29, 1.82) is 0 Å². The predicted octanol–water partition coefficient (Wildman–Crippen LogP) is 8.78. The molecule has 0 radical (unpaired) electrons. The van der Waals surface area contributed by atoms with Crippen LogP contribution in [-0.4, -0.2) is 0 Å². The van der Waals surface area contributed by atoms with Crippen molar-refractivity contribution >= 4 is 18.8 Å². The summed E-state index contributed by atoms with van der Waals surface area (Å²) in [5.41, 5.74) is -3.77. The molecule has 0 saturated heterocycles. The fourth-order valence-electron chi connectivity index (χ4n) is 2.84. The molecule has 0 atom stereocenters. The summed E-state index contributed by atoms with van der Waals surface area (Å²) >= 11 is -10.4. The first-order valence-electron chi connectivity index (χ1n) is 9.67. The van der Waals surface area contributed by atoms with Gasteiger partial charge in [0.05, 0.1) is 0 Å². The van der Waals surface area contributed by atoms with E-state index in [1.165, 1.54) is 0 Å². The molecule has 0 aromatic heterocycles. The van der Waals surface area contributed by atoms with Crippen LogP contribution in [0.2, 0.25) is 0 Å². The Morgan fingerprint density at radius 2 is 0.632 bits per heavy atom. The maximum absolute atomic E-state index is 14.0. The molecule has 209 valence electrons. The van der Waals surface area contributed by atoms with E-state index in [9.17, 15) is 46.3 Å². The molecular formula is C21H12Cl2F9O5W. The number of hydrogen-bond acceptors (Lipinski definition) is 5. The van der Waals surface area contributed by atoms with Crippen molar-refractivity contribution < 1.29 is 67.8 Å². The molecule has 0 spiro atoms. The van der Waals surface area contributed by atoms with Gasteiger partial charge in [0.1, 0.15) is 0 Å². The summed E-state index contributed by atoms with van der Waals surface area (Å²) in [5, 5.41) is 0. The van der Waals surface area contributed by atoms with Crippen LogP contribution in [0.5, 0.6) is 17.2 Å². The third kappa shape index (κ3) is 7.23. The first-order chi connectivity index (χ1) is 16.8. The first kappa shape index (κ1) is 29.8. The second-order valence-electron chi connectivity index (χ2n) is 7.69. The second kappa shape index (κ2) is 7.92. The van der Waals surface area contributed by atoms with Crippen LogP contribution in [0.1, 0.15) is 16.7 Å². The summed E-state index contributed by atoms with van der Waals surface area (Å²) < 4.78 is 158. The van der Waals surface area contributed by atoms with E-state index in [1.807, 2.05) is 0 Å². The van der Waals surface area contributed by atoms with Crippen molar-refractivity contribution in [2.45, 2.75) is 18.5 Å². The van der Waals surface area contributed by atoms with Gasteiger partial charge in [-0.15, -0.1) is 0 Å². The Morgan fingerprint density at radius 3 is 0.789 bits per heavy atom. The van der Waals surface area contributed by atoms with Crippen LogP contribution in [0.4, 0.5) is 39.5 Å². The molecule has 3 rings (SSSR count). The number of alkyl halides is 9. The quantitative estimate of drug-likeness (QED) is 0.235. The Kier molecular flexibility index (Phi) is 6.22. The van der Waals surface area contributed by atoms with Gasteiger partial charge in [-0.25, -0.2) is 0 Å². The summed E-state index contributed by atoms with van der Waals surface area (Å²) in [6.07, 6.45) is -14.6. The average Bonchev–Trinajstić information content (AvgIpc) is 2.71. The van der Waals surface area contributed by atoms with Gasteiger partial charge in [0.15, 0.2) is 0 Å². The maximum atomic E-state index is 14.0. The zero-order valence-corrected chi connectivity index (χ0v) is 22.5. The van der Waals surface area contributed by atoms with Crippen LogP contribution >= 0.6 is 18.8 Å². The molecule has 3 aromatic rings. The number of hydrogen-bond donors (Lipinski definition) is 0. The van der Waals surface area contributed by atoms with Crippen LogP contribution in [0.3, 0.4) is 0 Å².